The van der Waals surface area contributed by atoms with E-state index < -0.39 is 0 Å². The molecule has 19 heavy (non-hydrogen) atoms. The van der Waals surface area contributed by atoms with Crippen LogP contribution in [0.3, 0.4) is 0 Å². The second-order valence-corrected chi connectivity index (χ2v) is 4.11. The molecular formula is C16H13N2O. The lowest BCUT2D eigenvalue weighted by Gasteiger charge is -2.01. The minimum Gasteiger partial charge on any atom is -0.390 e. The average Bonchev–Trinajstić information content (AvgIpc) is 2.44. The maximum absolute atomic E-state index is 8.93. The predicted octanol–water partition coefficient (Wildman–Crippen LogP) is 3.29. The highest BCUT2D eigenvalue weighted by molar-refractivity contribution is 5.79. The van der Waals surface area contributed by atoms with Gasteiger partial charge in [0.2, 0.25) is 0 Å². The first-order chi connectivity index (χ1) is 9.29. The van der Waals surface area contributed by atoms with Crippen molar-refractivity contribution in [2.45, 2.75) is 13.5 Å². The molecule has 0 fully saturated rings. The summed E-state index contributed by atoms with van der Waals surface area (Å²) < 4.78 is 0. The quantitative estimate of drug-likeness (QED) is 0.616. The van der Waals surface area contributed by atoms with Crippen molar-refractivity contribution in [1.29, 1.82) is 5.26 Å². The van der Waals surface area contributed by atoms with Gasteiger partial charge in [-0.1, -0.05) is 47.1 Å². The molecule has 3 nitrogen and oxygen atoms in total. The Morgan fingerprint density at radius 2 is 2.00 bits per heavy atom. The fraction of sp³-hybridized carbons (Fsp3) is 0.125. The van der Waals surface area contributed by atoms with Crippen molar-refractivity contribution in [3.05, 3.63) is 70.8 Å². The SMILES string of the molecule is Cc1cccc(/[C]=N\OCc2ccccc2C#N)c1. The van der Waals surface area contributed by atoms with Gasteiger partial charge in [0, 0.05) is 11.1 Å². The van der Waals surface area contributed by atoms with Crippen LogP contribution in [0, 0.1) is 18.3 Å². The molecule has 0 atom stereocenters. The third-order valence-electron chi connectivity index (χ3n) is 2.62. The number of nitrogens with zero attached hydrogens (tertiary/aromatic N) is 2. The molecule has 0 bridgehead atoms. The maximum Gasteiger partial charge on any atom is 0.143 e. The van der Waals surface area contributed by atoms with Crippen LogP contribution in [-0.4, -0.2) is 6.21 Å². The zero-order chi connectivity index (χ0) is 13.5. The van der Waals surface area contributed by atoms with E-state index in [2.05, 4.69) is 17.4 Å². The fourth-order valence-corrected chi connectivity index (χ4v) is 1.66. The zero-order valence-electron chi connectivity index (χ0n) is 10.6. The summed E-state index contributed by atoms with van der Waals surface area (Å²) in [6, 6.07) is 17.2. The van der Waals surface area contributed by atoms with Gasteiger partial charge < -0.3 is 4.84 Å². The molecule has 2 aromatic rings. The first-order valence-corrected chi connectivity index (χ1v) is 5.92. The number of rotatable bonds is 4. The minimum atomic E-state index is 0.266. The first kappa shape index (κ1) is 12.8. The summed E-state index contributed by atoms with van der Waals surface area (Å²) in [5.74, 6) is 0. The third kappa shape index (κ3) is 3.68. The van der Waals surface area contributed by atoms with Crippen LogP contribution < -0.4 is 0 Å². The summed E-state index contributed by atoms with van der Waals surface area (Å²) in [5.41, 5.74) is 3.44. The predicted molar refractivity (Wildman–Crippen MR) is 73.7 cm³/mol. The molecule has 0 saturated carbocycles. The van der Waals surface area contributed by atoms with Gasteiger partial charge in [-0.05, 0) is 19.1 Å². The molecule has 0 aliphatic heterocycles. The Balaban J connectivity index is 1.95. The van der Waals surface area contributed by atoms with Crippen molar-refractivity contribution in [2.24, 2.45) is 5.16 Å². The summed E-state index contributed by atoms with van der Waals surface area (Å²) in [6.45, 7) is 2.28. The zero-order valence-corrected chi connectivity index (χ0v) is 10.6. The molecular weight excluding hydrogens is 236 g/mol. The fourth-order valence-electron chi connectivity index (χ4n) is 1.66. The van der Waals surface area contributed by atoms with Crippen molar-refractivity contribution in [3.8, 4) is 6.07 Å². The Morgan fingerprint density at radius 3 is 2.79 bits per heavy atom. The van der Waals surface area contributed by atoms with Crippen LogP contribution >= 0.6 is 0 Å². The molecule has 0 unspecified atom stereocenters. The van der Waals surface area contributed by atoms with E-state index in [0.717, 1.165) is 16.7 Å². The number of aryl methyl sites for hydroxylation is 1. The minimum absolute atomic E-state index is 0.266. The van der Waals surface area contributed by atoms with E-state index in [1.165, 1.54) is 0 Å². The number of hydrogen-bond donors (Lipinski definition) is 0. The lowest BCUT2D eigenvalue weighted by atomic mass is 10.1. The van der Waals surface area contributed by atoms with Gasteiger partial charge >= 0.3 is 0 Å². The Morgan fingerprint density at radius 1 is 1.16 bits per heavy atom. The van der Waals surface area contributed by atoms with Gasteiger partial charge in [0.1, 0.15) is 12.8 Å². The van der Waals surface area contributed by atoms with E-state index in [0.29, 0.717) is 5.56 Å². The second kappa shape index (κ2) is 6.36. The van der Waals surface area contributed by atoms with Crippen molar-refractivity contribution in [1.82, 2.24) is 0 Å². The summed E-state index contributed by atoms with van der Waals surface area (Å²) >= 11 is 0. The van der Waals surface area contributed by atoms with Crippen LogP contribution in [0.15, 0.2) is 53.7 Å². The summed E-state index contributed by atoms with van der Waals surface area (Å²) in [5, 5.41) is 12.7. The largest absolute Gasteiger partial charge is 0.390 e. The lowest BCUT2D eigenvalue weighted by Crippen LogP contribution is -1.92. The third-order valence-corrected chi connectivity index (χ3v) is 2.62. The molecule has 2 aromatic carbocycles. The molecule has 0 N–H and O–H groups in total. The molecule has 0 heterocycles. The highest BCUT2D eigenvalue weighted by atomic mass is 16.6. The number of nitriles is 1. The maximum atomic E-state index is 8.93. The molecule has 0 saturated heterocycles. The van der Waals surface area contributed by atoms with Gasteiger partial charge in [0.15, 0.2) is 0 Å². The van der Waals surface area contributed by atoms with E-state index in [-0.39, 0.29) is 6.61 Å². The molecule has 0 aromatic heterocycles. The molecule has 0 spiro atoms. The summed E-state index contributed by atoms with van der Waals surface area (Å²) in [4.78, 5) is 5.17. The van der Waals surface area contributed by atoms with Gasteiger partial charge in [0.25, 0.3) is 0 Å². The average molecular weight is 249 g/mol. The molecule has 0 aliphatic rings. The second-order valence-electron chi connectivity index (χ2n) is 4.11. The lowest BCUT2D eigenvalue weighted by molar-refractivity contribution is 0.132. The molecule has 2 rings (SSSR count). The standard InChI is InChI=1S/C16H13N2O/c1-13-5-4-6-14(9-13)11-18-19-12-16-8-3-2-7-15(16)10-17/h2-9H,12H2,1H3. The first-order valence-electron chi connectivity index (χ1n) is 5.92. The van der Waals surface area contributed by atoms with E-state index in [1.807, 2.05) is 49.4 Å². The van der Waals surface area contributed by atoms with Crippen LogP contribution in [-0.2, 0) is 11.4 Å². The highest BCUT2D eigenvalue weighted by Gasteiger charge is 2.00. The monoisotopic (exact) mass is 249 g/mol. The van der Waals surface area contributed by atoms with Crippen molar-refractivity contribution in [3.63, 3.8) is 0 Å². The number of hydrogen-bond acceptors (Lipinski definition) is 3. The Bertz CT molecular complexity index is 627. The summed E-state index contributed by atoms with van der Waals surface area (Å²) in [7, 11) is 0. The van der Waals surface area contributed by atoms with E-state index >= 15 is 0 Å². The molecule has 0 aliphatic carbocycles. The van der Waals surface area contributed by atoms with E-state index in [4.69, 9.17) is 10.1 Å². The van der Waals surface area contributed by atoms with Crippen LogP contribution in [0.4, 0.5) is 0 Å². The Kier molecular flexibility index (Phi) is 4.30. The van der Waals surface area contributed by atoms with Gasteiger partial charge in [-0.15, -0.1) is 0 Å². The number of benzene rings is 2. The summed E-state index contributed by atoms with van der Waals surface area (Å²) in [6.07, 6.45) is 2.81. The highest BCUT2D eigenvalue weighted by Crippen LogP contribution is 2.08. The van der Waals surface area contributed by atoms with Gasteiger partial charge in [-0.25, -0.2) is 0 Å². The molecule has 3 heteroatoms. The van der Waals surface area contributed by atoms with Gasteiger partial charge in [0.05, 0.1) is 11.6 Å². The van der Waals surface area contributed by atoms with Crippen LogP contribution in [0.25, 0.3) is 0 Å². The van der Waals surface area contributed by atoms with Crippen molar-refractivity contribution >= 4 is 6.21 Å². The van der Waals surface area contributed by atoms with Crippen molar-refractivity contribution in [2.75, 3.05) is 0 Å². The van der Waals surface area contributed by atoms with Gasteiger partial charge in [-0.3, -0.25) is 0 Å². The van der Waals surface area contributed by atoms with E-state index in [9.17, 15) is 0 Å². The van der Waals surface area contributed by atoms with E-state index in [1.54, 1.807) is 6.07 Å². The normalized spacial score (nSPS) is 10.3. The van der Waals surface area contributed by atoms with Gasteiger partial charge in [-0.2, -0.15) is 5.26 Å². The molecule has 1 radical (unpaired) electrons. The smallest absolute Gasteiger partial charge is 0.143 e. The Hall–Kier alpha value is -2.60. The van der Waals surface area contributed by atoms with Crippen LogP contribution in [0.2, 0.25) is 0 Å². The van der Waals surface area contributed by atoms with Crippen LogP contribution in [0.5, 0.6) is 0 Å². The topological polar surface area (TPSA) is 45.4 Å². The molecule has 0 amide bonds. The Labute approximate surface area is 112 Å². The molecule has 93 valence electrons. The van der Waals surface area contributed by atoms with Crippen LogP contribution in [0.1, 0.15) is 22.3 Å². The van der Waals surface area contributed by atoms with Crippen molar-refractivity contribution < 1.29 is 4.84 Å².